The molecule has 0 spiro atoms. The van der Waals surface area contributed by atoms with E-state index in [1.54, 1.807) is 6.07 Å². The van der Waals surface area contributed by atoms with E-state index in [1.165, 1.54) is 43.3 Å². The van der Waals surface area contributed by atoms with E-state index in [1.807, 2.05) is 0 Å². The third kappa shape index (κ3) is 4.68. The summed E-state index contributed by atoms with van der Waals surface area (Å²) in [5, 5.41) is 48.9. The zero-order valence-electron chi connectivity index (χ0n) is 25.2. The lowest BCUT2D eigenvalue weighted by Crippen LogP contribution is -2.65. The number of phenols is 1. The first-order chi connectivity index (χ1) is 21.8. The smallest absolute Gasteiger partial charge is 0.255 e. The number of ketones is 2. The van der Waals surface area contributed by atoms with Crippen molar-refractivity contribution in [3.63, 3.8) is 0 Å². The number of fused-ring (bicyclic) bond motifs is 3. The number of phenolic OH excluding ortho intramolecular Hbond substituents is 1. The number of aromatic hydroxyl groups is 1. The van der Waals surface area contributed by atoms with Crippen LogP contribution in [0, 0.1) is 17.7 Å². The molecular formula is C33H34FN3O9. The third-order valence-corrected chi connectivity index (χ3v) is 9.63. The number of primary amides is 1. The highest BCUT2D eigenvalue weighted by molar-refractivity contribution is 6.24. The molecule has 7 N–H and O–H groups in total. The summed E-state index contributed by atoms with van der Waals surface area (Å²) in [5.41, 5.74) is 2.94. The van der Waals surface area contributed by atoms with Crippen molar-refractivity contribution in [2.75, 3.05) is 20.7 Å². The van der Waals surface area contributed by atoms with E-state index in [-0.39, 0.29) is 42.0 Å². The van der Waals surface area contributed by atoms with Gasteiger partial charge in [0.15, 0.2) is 11.4 Å². The van der Waals surface area contributed by atoms with Crippen molar-refractivity contribution in [2.45, 2.75) is 50.0 Å². The molecule has 0 bridgehead atoms. The second-order valence-corrected chi connectivity index (χ2v) is 12.5. The summed E-state index contributed by atoms with van der Waals surface area (Å²) in [6, 6.07) is 5.96. The second-order valence-electron chi connectivity index (χ2n) is 12.5. The molecule has 4 aliphatic rings. The highest BCUT2D eigenvalue weighted by Gasteiger charge is 2.64. The minimum Gasteiger partial charge on any atom is -0.508 e. The Morgan fingerprint density at radius 1 is 1.15 bits per heavy atom. The Hall–Kier alpha value is -4.59. The van der Waals surface area contributed by atoms with Crippen molar-refractivity contribution >= 4 is 29.1 Å². The number of carbonyl (C=O) groups is 4. The maximum absolute atomic E-state index is 14.2. The minimum absolute atomic E-state index is 0.0529. The van der Waals surface area contributed by atoms with E-state index >= 15 is 0 Å². The van der Waals surface area contributed by atoms with Gasteiger partial charge in [0.2, 0.25) is 11.7 Å². The van der Waals surface area contributed by atoms with Gasteiger partial charge in [-0.15, -0.1) is 0 Å². The summed E-state index contributed by atoms with van der Waals surface area (Å²) in [5.74, 6) is -8.44. The Morgan fingerprint density at radius 3 is 2.46 bits per heavy atom. The molecule has 2 amide bonds. The lowest BCUT2D eigenvalue weighted by molar-refractivity contribution is -0.153. The molecule has 1 heterocycles. The van der Waals surface area contributed by atoms with Crippen LogP contribution in [0.4, 0.5) is 4.39 Å². The molecule has 1 saturated heterocycles. The number of ether oxygens (including phenoxy) is 1. The van der Waals surface area contributed by atoms with E-state index in [0.717, 1.165) is 6.42 Å². The Kier molecular flexibility index (Phi) is 7.74. The van der Waals surface area contributed by atoms with Crippen LogP contribution in [0.1, 0.15) is 36.0 Å². The molecular weight excluding hydrogens is 601 g/mol. The molecule has 5 atom stereocenters. The number of halogens is 1. The predicted molar refractivity (Wildman–Crippen MR) is 160 cm³/mol. The van der Waals surface area contributed by atoms with Gasteiger partial charge in [-0.3, -0.25) is 24.1 Å². The fourth-order valence-corrected chi connectivity index (χ4v) is 7.47. The number of aliphatic hydroxyl groups is 3. The summed E-state index contributed by atoms with van der Waals surface area (Å²) in [7, 11) is 3.05. The van der Waals surface area contributed by atoms with Gasteiger partial charge in [-0.1, -0.05) is 12.1 Å². The first kappa shape index (κ1) is 31.4. The number of nitrogens with one attached hydrogen (secondary N) is 1. The number of rotatable bonds is 6. The number of hydrogen-bond donors (Lipinski definition) is 6. The SMILES string of the molecule is CN(C)[C@@H]1C(=O)C(C(N)=O)=C(O)[C@@]2(O)C(=O)C3=C(O)c4c(O)c(CNC(=O)C5CCCO5)cc(-c5ccc(F)cc5)c4C[C@H]3C[C@@H]12. The molecule has 13 heteroatoms. The van der Waals surface area contributed by atoms with Crippen LogP contribution in [-0.2, 0) is 36.9 Å². The minimum atomic E-state index is -2.77. The van der Waals surface area contributed by atoms with Gasteiger partial charge in [-0.25, -0.2) is 4.39 Å². The maximum Gasteiger partial charge on any atom is 0.255 e. The Morgan fingerprint density at radius 2 is 1.85 bits per heavy atom. The Balaban J connectivity index is 1.52. The van der Waals surface area contributed by atoms with Gasteiger partial charge in [0, 0.05) is 30.2 Å². The first-order valence-corrected chi connectivity index (χ1v) is 14.9. The number of nitrogens with two attached hydrogens (primary N) is 1. The van der Waals surface area contributed by atoms with E-state index in [0.29, 0.717) is 29.7 Å². The molecule has 3 aliphatic carbocycles. The number of carbonyl (C=O) groups excluding carboxylic acids is 4. The standard InChI is InChI=1S/C33H34FN3O9/c1-37(2)25-20-12-15-10-19-18(14-5-7-17(34)8-6-14)11-16(13-36-32(44)21-4-3-9-46-21)26(38)23(19)27(39)22(15)29(41)33(20,45)30(42)24(28(25)40)31(35)43/h5-8,11,15,20-21,25,38-39,42,45H,3-4,9-10,12-13H2,1-2H3,(H2,35,43)(H,36,44)/t15-,20-,21?,25-,33-/m0/s1. The number of hydrogen-bond acceptors (Lipinski definition) is 10. The molecule has 2 fully saturated rings. The molecule has 0 aromatic heterocycles. The van der Waals surface area contributed by atoms with Crippen molar-refractivity contribution in [2.24, 2.45) is 17.6 Å². The normalized spacial score (nSPS) is 27.4. The molecule has 2 aromatic rings. The molecule has 0 radical (unpaired) electrons. The largest absolute Gasteiger partial charge is 0.508 e. The average molecular weight is 636 g/mol. The fourth-order valence-electron chi connectivity index (χ4n) is 7.47. The first-order valence-electron chi connectivity index (χ1n) is 14.9. The monoisotopic (exact) mass is 635 g/mol. The van der Waals surface area contributed by atoms with Gasteiger partial charge in [-0.05, 0) is 80.6 Å². The van der Waals surface area contributed by atoms with E-state index in [2.05, 4.69) is 5.32 Å². The van der Waals surface area contributed by atoms with Gasteiger partial charge in [0.25, 0.3) is 5.91 Å². The lowest BCUT2D eigenvalue weighted by Gasteiger charge is -2.50. The summed E-state index contributed by atoms with van der Waals surface area (Å²) in [6.07, 6.45) is 0.616. The third-order valence-electron chi connectivity index (χ3n) is 9.63. The second kappa shape index (κ2) is 11.3. The van der Waals surface area contributed by atoms with Crippen molar-refractivity contribution in [3.05, 3.63) is 69.7 Å². The van der Waals surface area contributed by atoms with Gasteiger partial charge < -0.3 is 36.2 Å². The van der Waals surface area contributed by atoms with Gasteiger partial charge in [0.1, 0.15) is 34.8 Å². The summed E-state index contributed by atoms with van der Waals surface area (Å²) < 4.78 is 19.3. The lowest BCUT2D eigenvalue weighted by atomic mass is 9.57. The highest BCUT2D eigenvalue weighted by Crippen LogP contribution is 2.54. The van der Waals surface area contributed by atoms with Crippen molar-refractivity contribution in [1.82, 2.24) is 10.2 Å². The van der Waals surface area contributed by atoms with Crippen LogP contribution < -0.4 is 11.1 Å². The number of aliphatic hydroxyl groups excluding tert-OH is 2. The predicted octanol–water partition coefficient (Wildman–Crippen LogP) is 1.57. The topological polar surface area (TPSA) is 200 Å². The van der Waals surface area contributed by atoms with Crippen LogP contribution in [0.3, 0.4) is 0 Å². The Labute approximate surface area is 263 Å². The summed E-state index contributed by atoms with van der Waals surface area (Å²) >= 11 is 0. The van der Waals surface area contributed by atoms with Crippen molar-refractivity contribution in [3.8, 4) is 16.9 Å². The van der Waals surface area contributed by atoms with Crippen LogP contribution in [0.15, 0.2) is 47.2 Å². The number of benzene rings is 2. The Bertz CT molecular complexity index is 1740. The molecule has 1 saturated carbocycles. The fraction of sp³-hybridized carbons (Fsp3) is 0.394. The van der Waals surface area contributed by atoms with E-state index < -0.39 is 75.7 Å². The average Bonchev–Trinajstić information content (AvgIpc) is 3.54. The molecule has 1 unspecified atom stereocenters. The van der Waals surface area contributed by atoms with Gasteiger partial charge in [0.05, 0.1) is 11.6 Å². The number of amides is 2. The van der Waals surface area contributed by atoms with E-state index in [4.69, 9.17) is 10.5 Å². The van der Waals surface area contributed by atoms with Crippen molar-refractivity contribution < 1.29 is 48.7 Å². The van der Waals surface area contributed by atoms with Crippen LogP contribution in [0.2, 0.25) is 0 Å². The zero-order chi connectivity index (χ0) is 33.2. The highest BCUT2D eigenvalue weighted by atomic mass is 19.1. The molecule has 46 heavy (non-hydrogen) atoms. The summed E-state index contributed by atoms with van der Waals surface area (Å²) in [4.78, 5) is 53.9. The molecule has 2 aromatic carbocycles. The van der Waals surface area contributed by atoms with Crippen LogP contribution in [0.5, 0.6) is 5.75 Å². The quantitative estimate of drug-likeness (QED) is 0.253. The number of nitrogens with zero attached hydrogens (tertiary/aromatic N) is 1. The van der Waals surface area contributed by atoms with Gasteiger partial charge >= 0.3 is 0 Å². The number of likely N-dealkylation sites (N-methyl/N-ethyl adjacent to an activating group) is 1. The molecule has 242 valence electrons. The molecule has 1 aliphatic heterocycles. The maximum atomic E-state index is 14.2. The molecule has 6 rings (SSSR count). The number of Topliss-reactive ketones (excluding diaryl/α,β-unsaturated/α-hetero) is 2. The van der Waals surface area contributed by atoms with Crippen LogP contribution >= 0.6 is 0 Å². The van der Waals surface area contributed by atoms with E-state index in [9.17, 15) is 44.0 Å². The van der Waals surface area contributed by atoms with Crippen LogP contribution in [-0.4, -0.2) is 87.2 Å². The van der Waals surface area contributed by atoms with Crippen LogP contribution in [0.25, 0.3) is 16.9 Å². The molecule has 12 nitrogen and oxygen atoms in total. The summed E-state index contributed by atoms with van der Waals surface area (Å²) in [6.45, 7) is 0.284. The van der Waals surface area contributed by atoms with Crippen molar-refractivity contribution in [1.29, 1.82) is 0 Å². The van der Waals surface area contributed by atoms with Gasteiger partial charge in [-0.2, -0.15) is 0 Å². The zero-order valence-corrected chi connectivity index (χ0v) is 25.2.